The standard InChI is InChI=1S/C35H55FO5/c1-20-22-8-12-34(5)23-9-14-35(15-11-26-29(38)31(40)30(39)27(19-36)41-26)17-16-32(2,3)18-24(35)21(23)6-7-28(34)33(22,4)13-10-25(20)37/h6,20,22-24,26-31,38-40H,7-19H2,1-5H3. The fourth-order valence-corrected chi connectivity index (χ4v) is 11.7. The van der Waals surface area contributed by atoms with E-state index in [0.29, 0.717) is 35.9 Å². The molecule has 0 aromatic carbocycles. The van der Waals surface area contributed by atoms with Gasteiger partial charge in [0.25, 0.3) is 0 Å². The summed E-state index contributed by atoms with van der Waals surface area (Å²) in [4.78, 5) is 12.7. The summed E-state index contributed by atoms with van der Waals surface area (Å²) in [6.07, 6.45) is 9.52. The number of rotatable bonds is 4. The quantitative estimate of drug-likeness (QED) is 0.349. The number of fused-ring (bicyclic) bond motifs is 7. The SMILES string of the molecule is CC1C(=O)CCC2(C)C1CCC1(C)C3CCC4(CCC5OC(CF)C(O)C(O)C5O)CCC(C)(C)CC4C3=CCC12. The van der Waals surface area contributed by atoms with E-state index in [-0.39, 0.29) is 27.6 Å². The highest BCUT2D eigenvalue weighted by atomic mass is 19.1. The van der Waals surface area contributed by atoms with Crippen molar-refractivity contribution in [2.75, 3.05) is 6.67 Å². The number of ketones is 1. The highest BCUT2D eigenvalue weighted by Gasteiger charge is 2.63. The second kappa shape index (κ2) is 10.4. The first-order valence-electron chi connectivity index (χ1n) is 16.7. The minimum absolute atomic E-state index is 0.128. The Labute approximate surface area is 246 Å². The fraction of sp³-hybridized carbons (Fsp3) is 0.914. The van der Waals surface area contributed by atoms with Crippen molar-refractivity contribution in [2.24, 2.45) is 51.2 Å². The van der Waals surface area contributed by atoms with Gasteiger partial charge in [0, 0.05) is 12.3 Å². The average molecular weight is 575 g/mol. The molecule has 41 heavy (non-hydrogen) atoms. The second-order valence-electron chi connectivity index (χ2n) is 16.7. The number of ether oxygens (including phenoxy) is 1. The molecule has 0 aromatic rings. The van der Waals surface area contributed by atoms with Crippen molar-refractivity contribution in [3.8, 4) is 0 Å². The molecule has 13 unspecified atom stereocenters. The molecule has 0 radical (unpaired) electrons. The maximum absolute atomic E-state index is 13.6. The van der Waals surface area contributed by atoms with Gasteiger partial charge in [-0.15, -0.1) is 0 Å². The molecular weight excluding hydrogens is 519 g/mol. The van der Waals surface area contributed by atoms with Gasteiger partial charge in [-0.25, -0.2) is 4.39 Å². The number of allylic oxidation sites excluding steroid dienone is 2. The van der Waals surface area contributed by atoms with Crippen LogP contribution in [0.3, 0.4) is 0 Å². The molecule has 0 aromatic heterocycles. The zero-order valence-corrected chi connectivity index (χ0v) is 26.1. The van der Waals surface area contributed by atoms with Gasteiger partial charge in [0.15, 0.2) is 0 Å². The highest BCUT2D eigenvalue weighted by molar-refractivity contribution is 5.82. The van der Waals surface area contributed by atoms with Crippen molar-refractivity contribution in [1.82, 2.24) is 0 Å². The smallest absolute Gasteiger partial charge is 0.136 e. The van der Waals surface area contributed by atoms with Gasteiger partial charge in [0.2, 0.25) is 0 Å². The molecule has 6 heteroatoms. The second-order valence-corrected chi connectivity index (χ2v) is 16.7. The van der Waals surface area contributed by atoms with Crippen LogP contribution < -0.4 is 0 Å². The molecular formula is C35H55FO5. The molecule has 5 nitrogen and oxygen atoms in total. The third-order valence-corrected chi connectivity index (χ3v) is 14.3. The Morgan fingerprint density at radius 3 is 2.37 bits per heavy atom. The van der Waals surface area contributed by atoms with Crippen LogP contribution in [0.5, 0.6) is 0 Å². The van der Waals surface area contributed by atoms with Gasteiger partial charge in [0.1, 0.15) is 36.9 Å². The molecule has 5 aliphatic carbocycles. The van der Waals surface area contributed by atoms with Crippen molar-refractivity contribution in [1.29, 1.82) is 0 Å². The van der Waals surface area contributed by atoms with Gasteiger partial charge >= 0.3 is 0 Å². The Balaban J connectivity index is 1.28. The number of alkyl halides is 1. The highest BCUT2D eigenvalue weighted by Crippen LogP contribution is 2.71. The van der Waals surface area contributed by atoms with Crippen LogP contribution in [-0.2, 0) is 9.53 Å². The lowest BCUT2D eigenvalue weighted by atomic mass is 9.38. The third-order valence-electron chi connectivity index (χ3n) is 14.3. The zero-order valence-electron chi connectivity index (χ0n) is 26.1. The van der Waals surface area contributed by atoms with Crippen molar-refractivity contribution >= 4 is 5.78 Å². The van der Waals surface area contributed by atoms with E-state index >= 15 is 0 Å². The lowest BCUT2D eigenvalue weighted by Gasteiger charge is -2.66. The van der Waals surface area contributed by atoms with E-state index in [4.69, 9.17) is 4.74 Å². The number of carbonyl (C=O) groups excluding carboxylic acids is 1. The minimum Gasteiger partial charge on any atom is -0.388 e. The first kappa shape index (κ1) is 30.2. The molecule has 0 amide bonds. The molecule has 6 aliphatic rings. The van der Waals surface area contributed by atoms with Crippen LogP contribution in [0.25, 0.3) is 0 Å². The molecule has 5 fully saturated rings. The van der Waals surface area contributed by atoms with Gasteiger partial charge in [0.05, 0.1) is 6.10 Å². The molecule has 4 saturated carbocycles. The lowest BCUT2D eigenvalue weighted by Crippen LogP contribution is -2.59. The molecule has 1 saturated heterocycles. The van der Waals surface area contributed by atoms with Crippen LogP contribution >= 0.6 is 0 Å². The summed E-state index contributed by atoms with van der Waals surface area (Å²) in [7, 11) is 0. The van der Waals surface area contributed by atoms with Gasteiger partial charge in [-0.05, 0) is 116 Å². The first-order valence-corrected chi connectivity index (χ1v) is 16.7. The largest absolute Gasteiger partial charge is 0.388 e. The maximum atomic E-state index is 13.6. The molecule has 0 spiro atoms. The number of hydrogen-bond donors (Lipinski definition) is 3. The Kier molecular flexibility index (Phi) is 7.65. The summed E-state index contributed by atoms with van der Waals surface area (Å²) >= 11 is 0. The summed E-state index contributed by atoms with van der Waals surface area (Å²) in [6.45, 7) is 11.3. The van der Waals surface area contributed by atoms with Gasteiger partial charge in [-0.3, -0.25) is 4.79 Å². The molecule has 3 N–H and O–H groups in total. The van der Waals surface area contributed by atoms with Crippen LogP contribution in [0.4, 0.5) is 4.39 Å². The minimum atomic E-state index is -1.40. The van der Waals surface area contributed by atoms with E-state index in [1.165, 1.54) is 32.1 Å². The van der Waals surface area contributed by atoms with E-state index in [0.717, 1.165) is 38.5 Å². The Bertz CT molecular complexity index is 1060. The lowest BCUT2D eigenvalue weighted by molar-refractivity contribution is -0.228. The van der Waals surface area contributed by atoms with Gasteiger partial charge in [-0.1, -0.05) is 46.3 Å². The molecule has 0 bridgehead atoms. The van der Waals surface area contributed by atoms with Gasteiger partial charge in [-0.2, -0.15) is 0 Å². The van der Waals surface area contributed by atoms with Crippen molar-refractivity contribution in [3.63, 3.8) is 0 Å². The van der Waals surface area contributed by atoms with Crippen LogP contribution in [0.1, 0.15) is 112 Å². The van der Waals surface area contributed by atoms with Crippen molar-refractivity contribution < 1.29 is 29.2 Å². The van der Waals surface area contributed by atoms with E-state index in [1.54, 1.807) is 5.57 Å². The van der Waals surface area contributed by atoms with E-state index in [2.05, 4.69) is 40.7 Å². The maximum Gasteiger partial charge on any atom is 0.136 e. The topological polar surface area (TPSA) is 87.0 Å². The fourth-order valence-electron chi connectivity index (χ4n) is 11.7. The predicted molar refractivity (Wildman–Crippen MR) is 157 cm³/mol. The summed E-state index contributed by atoms with van der Waals surface area (Å²) in [6, 6.07) is 0. The summed E-state index contributed by atoms with van der Waals surface area (Å²) in [5.41, 5.74) is 2.59. The van der Waals surface area contributed by atoms with Crippen LogP contribution in [0, 0.1) is 51.2 Å². The Morgan fingerprint density at radius 2 is 1.63 bits per heavy atom. The van der Waals surface area contributed by atoms with Crippen LogP contribution in [-0.4, -0.2) is 58.3 Å². The third kappa shape index (κ3) is 4.63. The summed E-state index contributed by atoms with van der Waals surface area (Å²) in [5.74, 6) is 2.88. The molecule has 232 valence electrons. The number of aliphatic hydroxyl groups is 3. The molecule has 6 rings (SSSR count). The van der Waals surface area contributed by atoms with Crippen LogP contribution in [0.15, 0.2) is 11.6 Å². The Morgan fingerprint density at radius 1 is 0.902 bits per heavy atom. The molecule has 13 atom stereocenters. The Hall–Kier alpha value is -0.820. The monoisotopic (exact) mass is 574 g/mol. The van der Waals surface area contributed by atoms with E-state index in [9.17, 15) is 24.5 Å². The zero-order chi connectivity index (χ0) is 29.5. The number of hydrogen-bond acceptors (Lipinski definition) is 5. The normalized spacial score (nSPS) is 52.9. The number of aliphatic hydroxyl groups excluding tert-OH is 3. The first-order chi connectivity index (χ1) is 19.3. The summed E-state index contributed by atoms with van der Waals surface area (Å²) < 4.78 is 19.4. The number of Topliss-reactive ketones (excluding diaryl/α,β-unsaturated/α-hetero) is 1. The summed E-state index contributed by atoms with van der Waals surface area (Å²) in [5, 5.41) is 31.3. The van der Waals surface area contributed by atoms with Crippen LogP contribution in [0.2, 0.25) is 0 Å². The molecule has 1 heterocycles. The van der Waals surface area contributed by atoms with Gasteiger partial charge < -0.3 is 20.1 Å². The number of halogens is 1. The van der Waals surface area contributed by atoms with Crippen molar-refractivity contribution in [3.05, 3.63) is 11.6 Å². The average Bonchev–Trinajstić information content (AvgIpc) is 2.93. The molecule has 1 aliphatic heterocycles. The van der Waals surface area contributed by atoms with Crippen molar-refractivity contribution in [2.45, 2.75) is 142 Å². The predicted octanol–water partition coefficient (Wildman–Crippen LogP) is 6.18. The number of carbonyl (C=O) groups is 1. The van der Waals surface area contributed by atoms with E-state index < -0.39 is 37.2 Å². The van der Waals surface area contributed by atoms with E-state index in [1.807, 2.05) is 0 Å².